The highest BCUT2D eigenvalue weighted by molar-refractivity contribution is 5.86. The number of hydrogen-bond acceptors (Lipinski definition) is 2. The molecule has 0 spiro atoms. The average molecular weight is 234 g/mol. The molecule has 1 aromatic heterocycles. The van der Waals surface area contributed by atoms with E-state index in [1.54, 1.807) is 6.20 Å². The van der Waals surface area contributed by atoms with Gasteiger partial charge in [-0.3, -0.25) is 4.98 Å². The number of aromatic nitrogens is 1. The summed E-state index contributed by atoms with van der Waals surface area (Å²) in [6, 6.07) is 18.3. The zero-order valence-electron chi connectivity index (χ0n) is 9.95. The molecule has 3 aromatic rings. The van der Waals surface area contributed by atoms with E-state index in [9.17, 15) is 0 Å². The lowest BCUT2D eigenvalue weighted by Crippen LogP contribution is -2.12. The van der Waals surface area contributed by atoms with E-state index in [-0.39, 0.29) is 6.04 Å². The molecule has 18 heavy (non-hydrogen) atoms. The molecule has 1 unspecified atom stereocenters. The Labute approximate surface area is 106 Å². The van der Waals surface area contributed by atoms with Gasteiger partial charge < -0.3 is 5.73 Å². The van der Waals surface area contributed by atoms with Crippen molar-refractivity contribution in [2.24, 2.45) is 5.73 Å². The Balaban J connectivity index is 2.15. The molecular weight excluding hydrogens is 220 g/mol. The lowest BCUT2D eigenvalue weighted by atomic mass is 9.95. The predicted octanol–water partition coefficient (Wildman–Crippen LogP) is 3.28. The second-order valence-corrected chi connectivity index (χ2v) is 4.33. The van der Waals surface area contributed by atoms with E-state index >= 15 is 0 Å². The summed E-state index contributed by atoms with van der Waals surface area (Å²) in [4.78, 5) is 4.13. The van der Waals surface area contributed by atoms with Crippen LogP contribution in [-0.4, -0.2) is 4.98 Å². The second kappa shape index (κ2) is 4.59. The number of fused-ring (bicyclic) bond motifs is 1. The SMILES string of the molecule is NC(c1cccnc1)c1cccc2ccccc12. The molecule has 1 heterocycles. The lowest BCUT2D eigenvalue weighted by Gasteiger charge is -2.14. The Morgan fingerprint density at radius 1 is 0.889 bits per heavy atom. The molecule has 0 saturated carbocycles. The molecule has 0 aliphatic heterocycles. The Morgan fingerprint density at radius 2 is 1.72 bits per heavy atom. The molecule has 2 N–H and O–H groups in total. The third kappa shape index (κ3) is 1.87. The molecule has 0 aliphatic carbocycles. The maximum absolute atomic E-state index is 6.34. The molecule has 2 heteroatoms. The van der Waals surface area contributed by atoms with Gasteiger partial charge in [0.2, 0.25) is 0 Å². The summed E-state index contributed by atoms with van der Waals surface area (Å²) in [7, 11) is 0. The minimum atomic E-state index is -0.134. The fourth-order valence-electron chi connectivity index (χ4n) is 2.26. The highest BCUT2D eigenvalue weighted by Gasteiger charge is 2.11. The van der Waals surface area contributed by atoms with Crippen LogP contribution in [0.3, 0.4) is 0 Å². The zero-order valence-corrected chi connectivity index (χ0v) is 9.95. The van der Waals surface area contributed by atoms with Crippen molar-refractivity contribution in [1.29, 1.82) is 0 Å². The summed E-state index contributed by atoms with van der Waals surface area (Å²) in [6.45, 7) is 0. The minimum absolute atomic E-state index is 0.134. The number of nitrogens with two attached hydrogens (primary N) is 1. The Morgan fingerprint density at radius 3 is 2.56 bits per heavy atom. The predicted molar refractivity (Wildman–Crippen MR) is 74.2 cm³/mol. The molecule has 3 rings (SSSR count). The minimum Gasteiger partial charge on any atom is -0.320 e. The Bertz CT molecular complexity index is 657. The third-order valence-electron chi connectivity index (χ3n) is 3.20. The van der Waals surface area contributed by atoms with Gasteiger partial charge in [0.25, 0.3) is 0 Å². The van der Waals surface area contributed by atoms with Crippen molar-refractivity contribution < 1.29 is 0 Å². The number of benzene rings is 2. The van der Waals surface area contributed by atoms with Crippen LogP contribution in [0.2, 0.25) is 0 Å². The summed E-state index contributed by atoms with van der Waals surface area (Å²) < 4.78 is 0. The monoisotopic (exact) mass is 234 g/mol. The van der Waals surface area contributed by atoms with Crippen molar-refractivity contribution in [1.82, 2.24) is 4.98 Å². The molecule has 0 radical (unpaired) electrons. The van der Waals surface area contributed by atoms with Crippen LogP contribution in [0, 0.1) is 0 Å². The van der Waals surface area contributed by atoms with E-state index in [2.05, 4.69) is 29.2 Å². The first-order chi connectivity index (χ1) is 8.86. The first-order valence-corrected chi connectivity index (χ1v) is 5.99. The third-order valence-corrected chi connectivity index (χ3v) is 3.20. The highest BCUT2D eigenvalue weighted by atomic mass is 14.7. The first kappa shape index (κ1) is 10.9. The molecule has 0 amide bonds. The molecule has 2 nitrogen and oxygen atoms in total. The van der Waals surface area contributed by atoms with Crippen LogP contribution in [0.4, 0.5) is 0 Å². The Hall–Kier alpha value is -2.19. The smallest absolute Gasteiger partial charge is 0.0573 e. The number of rotatable bonds is 2. The summed E-state index contributed by atoms with van der Waals surface area (Å²) >= 11 is 0. The Kier molecular flexibility index (Phi) is 2.79. The van der Waals surface area contributed by atoms with E-state index in [0.29, 0.717) is 0 Å². The fourth-order valence-corrected chi connectivity index (χ4v) is 2.26. The summed E-state index contributed by atoms with van der Waals surface area (Å²) in [5.41, 5.74) is 8.52. The van der Waals surface area contributed by atoms with Gasteiger partial charge in [-0.1, -0.05) is 48.5 Å². The molecule has 88 valence electrons. The largest absolute Gasteiger partial charge is 0.320 e. The van der Waals surface area contributed by atoms with Gasteiger partial charge in [0, 0.05) is 12.4 Å². The van der Waals surface area contributed by atoms with Gasteiger partial charge in [0.1, 0.15) is 0 Å². The van der Waals surface area contributed by atoms with Gasteiger partial charge >= 0.3 is 0 Å². The van der Waals surface area contributed by atoms with Crippen molar-refractivity contribution in [3.05, 3.63) is 78.1 Å². The van der Waals surface area contributed by atoms with Crippen LogP contribution in [-0.2, 0) is 0 Å². The number of nitrogens with zero attached hydrogens (tertiary/aromatic N) is 1. The normalized spacial score (nSPS) is 12.5. The van der Waals surface area contributed by atoms with Gasteiger partial charge in [-0.2, -0.15) is 0 Å². The van der Waals surface area contributed by atoms with Crippen LogP contribution < -0.4 is 5.73 Å². The molecule has 0 aliphatic rings. The summed E-state index contributed by atoms with van der Waals surface area (Å²) in [6.07, 6.45) is 3.59. The van der Waals surface area contributed by atoms with Gasteiger partial charge in [-0.05, 0) is 28.0 Å². The molecular formula is C16H14N2. The van der Waals surface area contributed by atoms with E-state index in [1.165, 1.54) is 10.8 Å². The average Bonchev–Trinajstić information content (AvgIpc) is 2.47. The number of pyridine rings is 1. The maximum atomic E-state index is 6.34. The van der Waals surface area contributed by atoms with Crippen molar-refractivity contribution >= 4 is 10.8 Å². The van der Waals surface area contributed by atoms with Crippen LogP contribution in [0.5, 0.6) is 0 Å². The van der Waals surface area contributed by atoms with E-state index in [1.807, 2.05) is 36.5 Å². The van der Waals surface area contributed by atoms with Crippen LogP contribution in [0.25, 0.3) is 10.8 Å². The van der Waals surface area contributed by atoms with Crippen molar-refractivity contribution in [3.8, 4) is 0 Å². The van der Waals surface area contributed by atoms with Gasteiger partial charge in [-0.15, -0.1) is 0 Å². The molecule has 0 saturated heterocycles. The van der Waals surface area contributed by atoms with Gasteiger partial charge in [-0.25, -0.2) is 0 Å². The van der Waals surface area contributed by atoms with Crippen LogP contribution in [0.1, 0.15) is 17.2 Å². The zero-order chi connectivity index (χ0) is 12.4. The fraction of sp³-hybridized carbons (Fsp3) is 0.0625. The van der Waals surface area contributed by atoms with Gasteiger partial charge in [0.05, 0.1) is 6.04 Å². The van der Waals surface area contributed by atoms with Crippen LogP contribution >= 0.6 is 0 Å². The number of hydrogen-bond donors (Lipinski definition) is 1. The van der Waals surface area contributed by atoms with Gasteiger partial charge in [0.15, 0.2) is 0 Å². The standard InChI is InChI=1S/C16H14N2/c17-16(13-7-4-10-18-11-13)15-9-3-6-12-5-1-2-8-14(12)15/h1-11,16H,17H2. The van der Waals surface area contributed by atoms with Crippen LogP contribution in [0.15, 0.2) is 67.0 Å². The molecule has 0 bridgehead atoms. The van der Waals surface area contributed by atoms with E-state index in [4.69, 9.17) is 5.73 Å². The molecule has 1 atom stereocenters. The first-order valence-electron chi connectivity index (χ1n) is 5.99. The molecule has 2 aromatic carbocycles. The quantitative estimate of drug-likeness (QED) is 0.739. The van der Waals surface area contributed by atoms with E-state index in [0.717, 1.165) is 11.1 Å². The summed E-state index contributed by atoms with van der Waals surface area (Å²) in [5, 5.41) is 2.42. The highest BCUT2D eigenvalue weighted by Crippen LogP contribution is 2.26. The van der Waals surface area contributed by atoms with Crippen molar-refractivity contribution in [3.63, 3.8) is 0 Å². The summed E-state index contributed by atoms with van der Waals surface area (Å²) in [5.74, 6) is 0. The lowest BCUT2D eigenvalue weighted by molar-refractivity contribution is 0.872. The van der Waals surface area contributed by atoms with E-state index < -0.39 is 0 Å². The molecule has 0 fully saturated rings. The second-order valence-electron chi connectivity index (χ2n) is 4.33. The van der Waals surface area contributed by atoms with Crippen molar-refractivity contribution in [2.45, 2.75) is 6.04 Å². The maximum Gasteiger partial charge on any atom is 0.0573 e. The van der Waals surface area contributed by atoms with Crippen molar-refractivity contribution in [2.75, 3.05) is 0 Å². The topological polar surface area (TPSA) is 38.9 Å².